The molecule has 1 amide bonds. The van der Waals surface area contributed by atoms with Crippen molar-refractivity contribution in [1.82, 2.24) is 0 Å². The van der Waals surface area contributed by atoms with Gasteiger partial charge in [-0.2, -0.15) is 0 Å². The van der Waals surface area contributed by atoms with Gasteiger partial charge in [-0.05, 0) is 55.0 Å². The predicted octanol–water partition coefficient (Wildman–Crippen LogP) is 6.04. The highest BCUT2D eigenvalue weighted by Crippen LogP contribution is 2.32. The van der Waals surface area contributed by atoms with Gasteiger partial charge in [-0.15, -0.1) is 0 Å². The normalized spacial score (nSPS) is 10.6. The SMILES string of the molecule is COc1ccc(/C(=C\c2ccc(C)cc2)C(=O)Nc2ccccc2)c(OC)c1.Nc1ccccc1N. The van der Waals surface area contributed by atoms with Crippen LogP contribution >= 0.6 is 0 Å². The number of methoxy groups -OCH3 is 2. The molecule has 0 bridgehead atoms. The second kappa shape index (κ2) is 12.7. The Morgan fingerprint density at radius 3 is 1.94 bits per heavy atom. The molecule has 4 rings (SSSR count). The first kappa shape index (κ1) is 25.9. The number of nitrogens with one attached hydrogen (secondary N) is 1. The lowest BCUT2D eigenvalue weighted by Crippen LogP contribution is -2.14. The zero-order chi connectivity index (χ0) is 25.9. The van der Waals surface area contributed by atoms with Crippen LogP contribution in [0.25, 0.3) is 11.6 Å². The van der Waals surface area contributed by atoms with E-state index in [0.29, 0.717) is 34.0 Å². The number of para-hydroxylation sites is 3. The maximum atomic E-state index is 13.1. The molecule has 6 nitrogen and oxygen atoms in total. The van der Waals surface area contributed by atoms with E-state index in [-0.39, 0.29) is 5.91 Å². The second-order valence-electron chi connectivity index (χ2n) is 7.98. The second-order valence-corrected chi connectivity index (χ2v) is 7.98. The van der Waals surface area contributed by atoms with E-state index in [2.05, 4.69) is 5.32 Å². The largest absolute Gasteiger partial charge is 0.497 e. The Balaban J connectivity index is 0.000000383. The summed E-state index contributed by atoms with van der Waals surface area (Å²) in [4.78, 5) is 13.1. The third-order valence-electron chi connectivity index (χ3n) is 5.36. The van der Waals surface area contributed by atoms with Gasteiger partial charge >= 0.3 is 0 Å². The van der Waals surface area contributed by atoms with Gasteiger partial charge in [0.25, 0.3) is 5.91 Å². The monoisotopic (exact) mass is 481 g/mol. The molecular weight excluding hydrogens is 450 g/mol. The number of ether oxygens (including phenoxy) is 2. The van der Waals surface area contributed by atoms with Gasteiger partial charge in [0, 0.05) is 17.3 Å². The smallest absolute Gasteiger partial charge is 0.256 e. The lowest BCUT2D eigenvalue weighted by atomic mass is 10.00. The quantitative estimate of drug-likeness (QED) is 0.177. The van der Waals surface area contributed by atoms with Gasteiger partial charge < -0.3 is 26.3 Å². The summed E-state index contributed by atoms with van der Waals surface area (Å²) in [6.07, 6.45) is 1.86. The molecule has 184 valence electrons. The molecule has 36 heavy (non-hydrogen) atoms. The minimum Gasteiger partial charge on any atom is -0.497 e. The number of rotatable bonds is 6. The average Bonchev–Trinajstić information content (AvgIpc) is 2.90. The molecule has 6 heteroatoms. The van der Waals surface area contributed by atoms with E-state index in [4.69, 9.17) is 20.9 Å². The standard InChI is InChI=1S/C24H23NO3.C6H8N2/c1-17-9-11-18(12-10-17)15-22(24(26)25-19-7-5-4-6-8-19)21-14-13-20(27-2)16-23(21)28-3;7-5-3-1-2-4-6(5)8/h4-16H,1-3H3,(H,25,26);1-4H,7-8H2/b22-15+;. The summed E-state index contributed by atoms with van der Waals surface area (Å²) in [7, 11) is 3.18. The van der Waals surface area contributed by atoms with Crippen molar-refractivity contribution in [1.29, 1.82) is 0 Å². The lowest BCUT2D eigenvalue weighted by molar-refractivity contribution is -0.111. The third kappa shape index (κ3) is 7.14. The van der Waals surface area contributed by atoms with Gasteiger partial charge in [0.2, 0.25) is 0 Å². The highest BCUT2D eigenvalue weighted by atomic mass is 16.5. The molecule has 0 unspecified atom stereocenters. The summed E-state index contributed by atoms with van der Waals surface area (Å²) in [5, 5.41) is 2.96. The van der Waals surface area contributed by atoms with E-state index in [9.17, 15) is 4.79 Å². The van der Waals surface area contributed by atoms with Gasteiger partial charge in [-0.3, -0.25) is 4.79 Å². The molecule has 0 atom stereocenters. The van der Waals surface area contributed by atoms with Crippen LogP contribution in [0, 0.1) is 6.92 Å². The van der Waals surface area contributed by atoms with Gasteiger partial charge in [0.1, 0.15) is 11.5 Å². The van der Waals surface area contributed by atoms with Crippen LogP contribution in [0.4, 0.5) is 17.1 Å². The van der Waals surface area contributed by atoms with Crippen LogP contribution in [-0.2, 0) is 4.79 Å². The third-order valence-corrected chi connectivity index (χ3v) is 5.36. The number of carbonyl (C=O) groups is 1. The number of hydrogen-bond donors (Lipinski definition) is 3. The molecule has 0 aliphatic heterocycles. The van der Waals surface area contributed by atoms with Crippen molar-refractivity contribution < 1.29 is 14.3 Å². The van der Waals surface area contributed by atoms with Crippen molar-refractivity contribution in [3.8, 4) is 11.5 Å². The summed E-state index contributed by atoms with van der Waals surface area (Å²) in [5.41, 5.74) is 16.1. The number of nitrogens with two attached hydrogens (primary N) is 2. The fourth-order valence-corrected chi connectivity index (χ4v) is 3.35. The molecule has 4 aromatic carbocycles. The fourth-order valence-electron chi connectivity index (χ4n) is 3.35. The molecule has 0 spiro atoms. The van der Waals surface area contributed by atoms with Crippen molar-refractivity contribution in [2.75, 3.05) is 31.0 Å². The number of nitrogen functional groups attached to an aromatic ring is 2. The summed E-state index contributed by atoms with van der Waals surface area (Å²) in [5.74, 6) is 1.02. The Kier molecular flexibility index (Phi) is 9.12. The Morgan fingerprint density at radius 2 is 1.39 bits per heavy atom. The van der Waals surface area contributed by atoms with E-state index in [1.165, 1.54) is 0 Å². The highest BCUT2D eigenvalue weighted by Gasteiger charge is 2.18. The maximum absolute atomic E-state index is 13.1. The van der Waals surface area contributed by atoms with Crippen molar-refractivity contribution >= 4 is 34.6 Å². The van der Waals surface area contributed by atoms with E-state index < -0.39 is 0 Å². The number of aryl methyl sites for hydroxylation is 1. The zero-order valence-corrected chi connectivity index (χ0v) is 20.7. The average molecular weight is 482 g/mol. The fraction of sp³-hybridized carbons (Fsp3) is 0.100. The van der Waals surface area contributed by atoms with Crippen LogP contribution in [0.3, 0.4) is 0 Å². The Bertz CT molecular complexity index is 1300. The van der Waals surface area contributed by atoms with Crippen LogP contribution in [0.15, 0.2) is 97.1 Å². The van der Waals surface area contributed by atoms with Crippen molar-refractivity contribution in [3.63, 3.8) is 0 Å². The van der Waals surface area contributed by atoms with Gasteiger partial charge in [-0.1, -0.05) is 60.2 Å². The predicted molar refractivity (Wildman–Crippen MR) is 149 cm³/mol. The van der Waals surface area contributed by atoms with Crippen molar-refractivity contribution in [2.45, 2.75) is 6.92 Å². The first-order chi connectivity index (χ1) is 17.4. The molecule has 0 radical (unpaired) electrons. The number of anilines is 3. The molecule has 0 saturated heterocycles. The number of amides is 1. The van der Waals surface area contributed by atoms with Crippen molar-refractivity contribution in [2.24, 2.45) is 0 Å². The van der Waals surface area contributed by atoms with Gasteiger partial charge in [0.15, 0.2) is 0 Å². The topological polar surface area (TPSA) is 99.6 Å². The van der Waals surface area contributed by atoms with E-state index in [1.807, 2.05) is 91.9 Å². The molecule has 0 saturated carbocycles. The van der Waals surface area contributed by atoms with Crippen LogP contribution < -0.4 is 26.3 Å². The molecule has 0 aliphatic rings. The highest BCUT2D eigenvalue weighted by molar-refractivity contribution is 6.29. The Labute approximate surface area is 212 Å². The molecule has 0 aliphatic carbocycles. The molecule has 0 heterocycles. The number of benzene rings is 4. The van der Waals surface area contributed by atoms with E-state index in [0.717, 1.165) is 16.8 Å². The van der Waals surface area contributed by atoms with Gasteiger partial charge in [0.05, 0.1) is 31.2 Å². The lowest BCUT2D eigenvalue weighted by Gasteiger charge is -2.14. The summed E-state index contributed by atoms with van der Waals surface area (Å²) >= 11 is 0. The van der Waals surface area contributed by atoms with Crippen LogP contribution in [0.2, 0.25) is 0 Å². The number of hydrogen-bond acceptors (Lipinski definition) is 5. The molecule has 4 aromatic rings. The zero-order valence-electron chi connectivity index (χ0n) is 20.7. The van der Waals surface area contributed by atoms with Crippen LogP contribution in [0.5, 0.6) is 11.5 Å². The van der Waals surface area contributed by atoms with Crippen molar-refractivity contribution in [3.05, 3.63) is 114 Å². The summed E-state index contributed by atoms with van der Waals surface area (Å²) in [6.45, 7) is 2.03. The minimum atomic E-state index is -0.213. The summed E-state index contributed by atoms with van der Waals surface area (Å²) in [6, 6.07) is 30.1. The van der Waals surface area contributed by atoms with E-state index in [1.54, 1.807) is 32.4 Å². The first-order valence-corrected chi connectivity index (χ1v) is 11.4. The molecule has 0 fully saturated rings. The number of carbonyl (C=O) groups excluding carboxylic acids is 1. The maximum Gasteiger partial charge on any atom is 0.256 e. The van der Waals surface area contributed by atoms with Gasteiger partial charge in [-0.25, -0.2) is 0 Å². The molecular formula is C30H31N3O3. The Hall–Kier alpha value is -4.71. The molecule has 0 aromatic heterocycles. The molecule has 5 N–H and O–H groups in total. The first-order valence-electron chi connectivity index (χ1n) is 11.4. The summed E-state index contributed by atoms with van der Waals surface area (Å²) < 4.78 is 10.8. The van der Waals surface area contributed by atoms with Crippen LogP contribution in [-0.4, -0.2) is 20.1 Å². The minimum absolute atomic E-state index is 0.213. The van der Waals surface area contributed by atoms with E-state index >= 15 is 0 Å². The Morgan fingerprint density at radius 1 is 0.778 bits per heavy atom. The van der Waals surface area contributed by atoms with Crippen LogP contribution in [0.1, 0.15) is 16.7 Å².